The van der Waals surface area contributed by atoms with E-state index in [-0.39, 0.29) is 0 Å². The minimum Gasteiger partial charge on any atom is -0.244 e. The summed E-state index contributed by atoms with van der Waals surface area (Å²) in [7, 11) is 0. The average molecular weight is 389 g/mol. The van der Waals surface area contributed by atoms with Crippen LogP contribution < -0.4 is 0 Å². The number of aromatic nitrogens is 2. The van der Waals surface area contributed by atoms with Crippen molar-refractivity contribution in [3.05, 3.63) is 82.3 Å². The molecule has 3 aromatic carbocycles. The molecule has 25 heavy (non-hydrogen) atoms. The molecule has 0 aliphatic rings. The first-order valence-corrected chi connectivity index (χ1v) is 9.01. The van der Waals surface area contributed by atoms with Gasteiger partial charge >= 0.3 is 0 Å². The van der Waals surface area contributed by atoms with Crippen LogP contribution in [0.3, 0.4) is 0 Å². The zero-order valence-electron chi connectivity index (χ0n) is 14.1. The lowest BCUT2D eigenvalue weighted by Crippen LogP contribution is -1.95. The van der Waals surface area contributed by atoms with E-state index in [1.807, 2.05) is 18.2 Å². The van der Waals surface area contributed by atoms with Crippen LogP contribution in [0.5, 0.6) is 0 Å². The fraction of sp³-hybridized carbons (Fsp3) is 0.0909. The summed E-state index contributed by atoms with van der Waals surface area (Å²) in [5.74, 6) is 0. The number of fused-ring (bicyclic) bond motifs is 1. The quantitative estimate of drug-likeness (QED) is 0.400. The highest BCUT2D eigenvalue weighted by Gasteiger charge is 2.13. The third-order valence-electron chi connectivity index (χ3n) is 4.28. The molecule has 3 heteroatoms. The molecule has 0 aliphatic heterocycles. The Kier molecular flexibility index (Phi) is 4.10. The van der Waals surface area contributed by atoms with Crippen molar-refractivity contribution >= 4 is 27.0 Å². The number of nitrogens with zero attached hydrogens (tertiary/aromatic N) is 2. The van der Waals surface area contributed by atoms with Gasteiger partial charge in [-0.15, -0.1) is 0 Å². The molecular weight excluding hydrogens is 372 g/mol. The molecule has 2 nitrogen and oxygen atoms in total. The summed E-state index contributed by atoms with van der Waals surface area (Å²) in [6, 6.07) is 22.9. The van der Waals surface area contributed by atoms with Gasteiger partial charge in [0.25, 0.3) is 0 Å². The van der Waals surface area contributed by atoms with E-state index in [4.69, 9.17) is 9.97 Å². The second kappa shape index (κ2) is 6.41. The van der Waals surface area contributed by atoms with Crippen molar-refractivity contribution in [1.82, 2.24) is 9.97 Å². The number of rotatable bonds is 2. The third-order valence-corrected chi connectivity index (χ3v) is 4.77. The number of benzene rings is 3. The lowest BCUT2D eigenvalue weighted by atomic mass is 10.0. The molecule has 0 fully saturated rings. The van der Waals surface area contributed by atoms with Gasteiger partial charge < -0.3 is 0 Å². The summed E-state index contributed by atoms with van der Waals surface area (Å²) >= 11 is 3.53. The molecular formula is C22H17BrN2. The number of hydrogen-bond acceptors (Lipinski definition) is 2. The predicted octanol–water partition coefficient (Wildman–Crippen LogP) is 6.34. The highest BCUT2D eigenvalue weighted by Crippen LogP contribution is 2.32. The normalized spacial score (nSPS) is 11.0. The van der Waals surface area contributed by atoms with Crippen LogP contribution in [0, 0.1) is 13.8 Å². The molecule has 0 radical (unpaired) electrons. The molecule has 1 aromatic heterocycles. The van der Waals surface area contributed by atoms with E-state index in [1.165, 1.54) is 11.1 Å². The Morgan fingerprint density at radius 3 is 1.60 bits per heavy atom. The second-order valence-electron chi connectivity index (χ2n) is 6.29. The van der Waals surface area contributed by atoms with Crippen LogP contribution in [0.15, 0.2) is 71.2 Å². The first-order valence-electron chi connectivity index (χ1n) is 8.21. The smallest absolute Gasteiger partial charge is 0.0973 e. The fourth-order valence-corrected chi connectivity index (χ4v) is 3.20. The minimum absolute atomic E-state index is 0.890. The van der Waals surface area contributed by atoms with E-state index in [9.17, 15) is 0 Å². The van der Waals surface area contributed by atoms with Crippen LogP contribution >= 0.6 is 15.9 Å². The van der Waals surface area contributed by atoms with Crippen molar-refractivity contribution in [1.29, 1.82) is 0 Å². The Labute approximate surface area is 155 Å². The molecule has 122 valence electrons. The van der Waals surface area contributed by atoms with E-state index >= 15 is 0 Å². The second-order valence-corrected chi connectivity index (χ2v) is 7.20. The van der Waals surface area contributed by atoms with Gasteiger partial charge in [-0.3, -0.25) is 0 Å². The van der Waals surface area contributed by atoms with Gasteiger partial charge in [0.15, 0.2) is 0 Å². The Bertz CT molecular complexity index is 1050. The predicted molar refractivity (Wildman–Crippen MR) is 108 cm³/mol. The molecule has 0 unspecified atom stereocenters. The lowest BCUT2D eigenvalue weighted by molar-refractivity contribution is 1.28. The summed E-state index contributed by atoms with van der Waals surface area (Å²) in [6.45, 7) is 4.18. The molecule has 1 heterocycles. The van der Waals surface area contributed by atoms with E-state index in [0.717, 1.165) is 38.0 Å². The Morgan fingerprint density at radius 1 is 0.600 bits per heavy atom. The molecule has 0 amide bonds. The standard InChI is InChI=1S/C22H17BrN2/c1-14-3-7-16(8-4-14)21-22(17-9-5-15(2)6-10-17)25-20-13-18(23)11-12-19(20)24-21/h3-13H,1-2H3. The van der Waals surface area contributed by atoms with Crippen molar-refractivity contribution in [2.45, 2.75) is 13.8 Å². The van der Waals surface area contributed by atoms with Crippen molar-refractivity contribution in [3.63, 3.8) is 0 Å². The first kappa shape index (κ1) is 16.0. The van der Waals surface area contributed by atoms with E-state index in [1.54, 1.807) is 0 Å². The Morgan fingerprint density at radius 2 is 1.08 bits per heavy atom. The monoisotopic (exact) mass is 388 g/mol. The topological polar surface area (TPSA) is 25.8 Å². The molecule has 0 N–H and O–H groups in total. The first-order chi connectivity index (χ1) is 12.1. The maximum atomic E-state index is 4.94. The summed E-state index contributed by atoms with van der Waals surface area (Å²) in [4.78, 5) is 9.87. The molecule has 4 rings (SSSR count). The van der Waals surface area contributed by atoms with Gasteiger partial charge in [-0.05, 0) is 32.0 Å². The van der Waals surface area contributed by atoms with Crippen molar-refractivity contribution in [2.24, 2.45) is 0 Å². The highest BCUT2D eigenvalue weighted by atomic mass is 79.9. The number of aryl methyl sites for hydroxylation is 2. The number of halogens is 1. The van der Waals surface area contributed by atoms with Crippen molar-refractivity contribution < 1.29 is 0 Å². The van der Waals surface area contributed by atoms with Crippen LogP contribution in [0.25, 0.3) is 33.5 Å². The molecule has 0 bridgehead atoms. The van der Waals surface area contributed by atoms with Gasteiger partial charge in [0, 0.05) is 15.6 Å². The van der Waals surface area contributed by atoms with Crippen LogP contribution in [-0.4, -0.2) is 9.97 Å². The SMILES string of the molecule is Cc1ccc(-c2nc3ccc(Br)cc3nc2-c2ccc(C)cc2)cc1. The zero-order chi connectivity index (χ0) is 17.4. The fourth-order valence-electron chi connectivity index (χ4n) is 2.85. The molecule has 0 spiro atoms. The Hall–Kier alpha value is -2.52. The summed E-state index contributed by atoms with van der Waals surface area (Å²) < 4.78 is 1.01. The zero-order valence-corrected chi connectivity index (χ0v) is 15.7. The van der Waals surface area contributed by atoms with Gasteiger partial charge in [0.2, 0.25) is 0 Å². The van der Waals surface area contributed by atoms with Crippen LogP contribution in [0.2, 0.25) is 0 Å². The van der Waals surface area contributed by atoms with Gasteiger partial charge in [-0.1, -0.05) is 75.6 Å². The maximum absolute atomic E-state index is 4.94. The highest BCUT2D eigenvalue weighted by molar-refractivity contribution is 9.10. The third kappa shape index (κ3) is 3.20. The largest absolute Gasteiger partial charge is 0.244 e. The van der Waals surface area contributed by atoms with Gasteiger partial charge in [-0.2, -0.15) is 0 Å². The van der Waals surface area contributed by atoms with Gasteiger partial charge in [-0.25, -0.2) is 9.97 Å². The average Bonchev–Trinajstić information content (AvgIpc) is 2.62. The Balaban J connectivity index is 2.01. The van der Waals surface area contributed by atoms with E-state index < -0.39 is 0 Å². The van der Waals surface area contributed by atoms with E-state index in [0.29, 0.717) is 0 Å². The van der Waals surface area contributed by atoms with Crippen LogP contribution in [-0.2, 0) is 0 Å². The van der Waals surface area contributed by atoms with Crippen molar-refractivity contribution in [3.8, 4) is 22.5 Å². The maximum Gasteiger partial charge on any atom is 0.0973 e. The van der Waals surface area contributed by atoms with Crippen molar-refractivity contribution in [2.75, 3.05) is 0 Å². The molecule has 0 saturated carbocycles. The van der Waals surface area contributed by atoms with Gasteiger partial charge in [0.1, 0.15) is 0 Å². The summed E-state index contributed by atoms with van der Waals surface area (Å²) in [6.07, 6.45) is 0. The van der Waals surface area contributed by atoms with Gasteiger partial charge in [0.05, 0.1) is 22.4 Å². The molecule has 0 atom stereocenters. The molecule has 0 saturated heterocycles. The summed E-state index contributed by atoms with van der Waals surface area (Å²) in [5.41, 5.74) is 8.24. The van der Waals surface area contributed by atoms with Crippen LogP contribution in [0.4, 0.5) is 0 Å². The van der Waals surface area contributed by atoms with E-state index in [2.05, 4.69) is 78.3 Å². The molecule has 0 aliphatic carbocycles. The lowest BCUT2D eigenvalue weighted by Gasteiger charge is -2.11. The molecule has 4 aromatic rings. The minimum atomic E-state index is 0.890. The van der Waals surface area contributed by atoms with Crippen LogP contribution in [0.1, 0.15) is 11.1 Å². The number of hydrogen-bond donors (Lipinski definition) is 0. The summed E-state index contributed by atoms with van der Waals surface area (Å²) in [5, 5.41) is 0.